The van der Waals surface area contributed by atoms with E-state index in [0.717, 1.165) is 28.6 Å². The summed E-state index contributed by atoms with van der Waals surface area (Å²) in [5.41, 5.74) is 4.52. The van der Waals surface area contributed by atoms with Crippen molar-refractivity contribution in [1.82, 2.24) is 9.97 Å². The molecule has 0 aliphatic carbocycles. The maximum Gasteiger partial charge on any atom is 0.136 e. The van der Waals surface area contributed by atoms with Crippen LogP contribution in [0.25, 0.3) is 0 Å². The largest absolute Gasteiger partial charge is 0.496 e. The lowest BCUT2D eigenvalue weighted by Crippen LogP contribution is -2.06. The molecule has 0 radical (unpaired) electrons. The van der Waals surface area contributed by atoms with Crippen LogP contribution < -0.4 is 15.4 Å². The summed E-state index contributed by atoms with van der Waals surface area (Å²) in [5.74, 6) is 3.12. The monoisotopic (exact) mass is 348 g/mol. The zero-order valence-electron chi connectivity index (χ0n) is 15.6. The molecule has 0 atom stereocenters. The van der Waals surface area contributed by atoms with Gasteiger partial charge in [-0.1, -0.05) is 30.3 Å². The minimum absolute atomic E-state index is 0.628. The van der Waals surface area contributed by atoms with Crippen molar-refractivity contribution in [3.8, 4) is 5.75 Å². The molecule has 3 rings (SSSR count). The summed E-state index contributed by atoms with van der Waals surface area (Å²) in [7, 11) is 1.68. The Bertz CT molecular complexity index is 908. The molecular weight excluding hydrogens is 324 g/mol. The third kappa shape index (κ3) is 4.30. The molecule has 0 amide bonds. The highest BCUT2D eigenvalue weighted by molar-refractivity contribution is 5.63. The van der Waals surface area contributed by atoms with Gasteiger partial charge in [-0.25, -0.2) is 9.97 Å². The van der Waals surface area contributed by atoms with E-state index < -0.39 is 0 Å². The summed E-state index contributed by atoms with van der Waals surface area (Å²) in [6.45, 7) is 6.68. The third-order valence-electron chi connectivity index (χ3n) is 4.15. The Hall–Kier alpha value is -3.08. The van der Waals surface area contributed by atoms with Crippen LogP contribution >= 0.6 is 0 Å². The highest BCUT2D eigenvalue weighted by Crippen LogP contribution is 2.23. The molecule has 0 spiro atoms. The number of methoxy groups -OCH3 is 1. The number of rotatable bonds is 6. The number of anilines is 3. The maximum absolute atomic E-state index is 5.40. The minimum atomic E-state index is 0.628. The van der Waals surface area contributed by atoms with Gasteiger partial charge in [0.1, 0.15) is 23.2 Å². The van der Waals surface area contributed by atoms with Crippen molar-refractivity contribution in [3.63, 3.8) is 0 Å². The molecule has 2 aromatic carbocycles. The van der Waals surface area contributed by atoms with E-state index in [1.54, 1.807) is 7.11 Å². The number of benzene rings is 2. The van der Waals surface area contributed by atoms with E-state index in [1.165, 1.54) is 11.1 Å². The van der Waals surface area contributed by atoms with Gasteiger partial charge in [-0.2, -0.15) is 0 Å². The summed E-state index contributed by atoms with van der Waals surface area (Å²) in [6, 6.07) is 16.2. The molecule has 2 N–H and O–H groups in total. The summed E-state index contributed by atoms with van der Waals surface area (Å²) in [4.78, 5) is 8.98. The number of aromatic nitrogens is 2. The van der Waals surface area contributed by atoms with Crippen LogP contribution in [0.4, 0.5) is 17.3 Å². The SMILES string of the molecule is COc1ccccc1CNc1cc(Nc2cc(C)ccc2C)nc(C)n1. The number of para-hydroxylation sites is 1. The molecule has 0 aliphatic rings. The average Bonchev–Trinajstić information content (AvgIpc) is 2.63. The zero-order chi connectivity index (χ0) is 18.5. The Morgan fingerprint density at radius 2 is 1.69 bits per heavy atom. The molecule has 0 unspecified atom stereocenters. The van der Waals surface area contributed by atoms with Gasteiger partial charge in [0.15, 0.2) is 0 Å². The van der Waals surface area contributed by atoms with Gasteiger partial charge in [-0.15, -0.1) is 0 Å². The topological polar surface area (TPSA) is 59.1 Å². The molecule has 0 aliphatic heterocycles. The van der Waals surface area contributed by atoms with Crippen molar-refractivity contribution >= 4 is 17.3 Å². The number of aryl methyl sites for hydroxylation is 3. The second kappa shape index (κ2) is 7.87. The molecule has 0 saturated carbocycles. The fourth-order valence-corrected chi connectivity index (χ4v) is 2.77. The van der Waals surface area contributed by atoms with Crippen LogP contribution in [0.2, 0.25) is 0 Å². The highest BCUT2D eigenvalue weighted by Gasteiger charge is 2.06. The van der Waals surface area contributed by atoms with Crippen molar-refractivity contribution in [1.29, 1.82) is 0 Å². The lowest BCUT2D eigenvalue weighted by Gasteiger charge is -2.13. The Labute approximate surface area is 154 Å². The van der Waals surface area contributed by atoms with Gasteiger partial charge in [0, 0.05) is 23.9 Å². The molecule has 3 aromatic rings. The Morgan fingerprint density at radius 1 is 0.923 bits per heavy atom. The molecule has 0 bridgehead atoms. The first kappa shape index (κ1) is 17.7. The van der Waals surface area contributed by atoms with Crippen LogP contribution in [0.3, 0.4) is 0 Å². The predicted octanol–water partition coefficient (Wildman–Crippen LogP) is 4.77. The number of ether oxygens (including phenoxy) is 1. The van der Waals surface area contributed by atoms with Crippen LogP contribution in [-0.4, -0.2) is 17.1 Å². The van der Waals surface area contributed by atoms with Gasteiger partial charge in [-0.3, -0.25) is 0 Å². The van der Waals surface area contributed by atoms with Crippen molar-refractivity contribution in [2.75, 3.05) is 17.7 Å². The molecule has 134 valence electrons. The average molecular weight is 348 g/mol. The second-order valence-corrected chi connectivity index (χ2v) is 6.29. The molecule has 0 saturated heterocycles. The minimum Gasteiger partial charge on any atom is -0.496 e. The fraction of sp³-hybridized carbons (Fsp3) is 0.238. The zero-order valence-corrected chi connectivity index (χ0v) is 15.6. The molecule has 1 aromatic heterocycles. The maximum atomic E-state index is 5.40. The first-order valence-electron chi connectivity index (χ1n) is 8.61. The van der Waals surface area contributed by atoms with Crippen LogP contribution in [0.1, 0.15) is 22.5 Å². The molecule has 5 nitrogen and oxygen atoms in total. The normalized spacial score (nSPS) is 10.5. The molecule has 1 heterocycles. The third-order valence-corrected chi connectivity index (χ3v) is 4.15. The first-order valence-corrected chi connectivity index (χ1v) is 8.61. The standard InChI is InChI=1S/C21H24N4O/c1-14-9-10-15(2)18(11-14)25-21-12-20(23-16(3)24-21)22-13-17-7-5-6-8-19(17)26-4/h5-12H,13H2,1-4H3,(H2,22,23,24,25). The number of nitrogens with one attached hydrogen (secondary N) is 2. The predicted molar refractivity (Wildman–Crippen MR) is 106 cm³/mol. The van der Waals surface area contributed by atoms with E-state index in [0.29, 0.717) is 12.4 Å². The van der Waals surface area contributed by atoms with Crippen LogP contribution in [-0.2, 0) is 6.54 Å². The van der Waals surface area contributed by atoms with E-state index in [9.17, 15) is 0 Å². The van der Waals surface area contributed by atoms with Gasteiger partial charge in [0.05, 0.1) is 7.11 Å². The number of hydrogen-bond donors (Lipinski definition) is 2. The molecule has 5 heteroatoms. The van der Waals surface area contributed by atoms with Crippen LogP contribution in [0, 0.1) is 20.8 Å². The van der Waals surface area contributed by atoms with Crippen LogP contribution in [0.15, 0.2) is 48.5 Å². The smallest absolute Gasteiger partial charge is 0.136 e. The lowest BCUT2D eigenvalue weighted by molar-refractivity contribution is 0.410. The van der Waals surface area contributed by atoms with Crippen molar-refractivity contribution < 1.29 is 4.74 Å². The van der Waals surface area contributed by atoms with E-state index >= 15 is 0 Å². The highest BCUT2D eigenvalue weighted by atomic mass is 16.5. The van der Waals surface area contributed by atoms with Gasteiger partial charge in [0.25, 0.3) is 0 Å². The van der Waals surface area contributed by atoms with E-state index in [1.807, 2.05) is 37.3 Å². The van der Waals surface area contributed by atoms with E-state index in [4.69, 9.17) is 4.74 Å². The Morgan fingerprint density at radius 3 is 2.50 bits per heavy atom. The Kier molecular flexibility index (Phi) is 5.37. The van der Waals surface area contributed by atoms with Gasteiger partial charge >= 0.3 is 0 Å². The Balaban J connectivity index is 1.78. The van der Waals surface area contributed by atoms with Crippen molar-refractivity contribution in [3.05, 3.63) is 71.0 Å². The summed E-state index contributed by atoms with van der Waals surface area (Å²) in [5, 5.41) is 6.76. The second-order valence-electron chi connectivity index (χ2n) is 6.29. The number of hydrogen-bond acceptors (Lipinski definition) is 5. The summed E-state index contributed by atoms with van der Waals surface area (Å²) in [6.07, 6.45) is 0. The summed E-state index contributed by atoms with van der Waals surface area (Å²) >= 11 is 0. The molecular formula is C21H24N4O. The molecule has 26 heavy (non-hydrogen) atoms. The van der Waals surface area contributed by atoms with Gasteiger partial charge < -0.3 is 15.4 Å². The van der Waals surface area contributed by atoms with Gasteiger partial charge in [-0.05, 0) is 44.0 Å². The molecule has 0 fully saturated rings. The number of nitrogens with zero attached hydrogens (tertiary/aromatic N) is 2. The lowest BCUT2D eigenvalue weighted by atomic mass is 10.1. The summed E-state index contributed by atoms with van der Waals surface area (Å²) < 4.78 is 5.40. The van der Waals surface area contributed by atoms with E-state index in [2.05, 4.69) is 52.6 Å². The van der Waals surface area contributed by atoms with Crippen LogP contribution in [0.5, 0.6) is 5.75 Å². The quantitative estimate of drug-likeness (QED) is 0.672. The van der Waals surface area contributed by atoms with Crippen molar-refractivity contribution in [2.24, 2.45) is 0 Å². The van der Waals surface area contributed by atoms with Crippen molar-refractivity contribution in [2.45, 2.75) is 27.3 Å². The van der Waals surface area contributed by atoms with Gasteiger partial charge in [0.2, 0.25) is 0 Å². The first-order chi connectivity index (χ1) is 12.5. The van der Waals surface area contributed by atoms with E-state index in [-0.39, 0.29) is 0 Å². The fourth-order valence-electron chi connectivity index (χ4n) is 2.77.